The number of rotatable bonds is 6. The van der Waals surface area contributed by atoms with E-state index in [0.717, 1.165) is 20.8 Å². The van der Waals surface area contributed by atoms with E-state index >= 15 is 0 Å². The number of hydrogen-bond donors (Lipinski definition) is 1. The molecule has 0 fully saturated rings. The Labute approximate surface area is 149 Å². The van der Waals surface area contributed by atoms with E-state index in [1.807, 2.05) is 27.7 Å². The molecule has 0 aliphatic heterocycles. The van der Waals surface area contributed by atoms with Gasteiger partial charge in [-0.25, -0.2) is 9.97 Å². The summed E-state index contributed by atoms with van der Waals surface area (Å²) in [6, 6.07) is 0. The Hall–Kier alpha value is -1.67. The van der Waals surface area contributed by atoms with Crippen molar-refractivity contribution >= 4 is 45.2 Å². The standard InChI is InChI=1S/C16H21N3O3S2/c1-6-17-14(21)9(3)22-12(20)7-23-15-13-8(2)10(4)24-16(13)19-11(5)18-15/h9H,6-7H2,1-5H3,(H,17,21)/t9-/m1/s1. The van der Waals surface area contributed by atoms with Crippen LogP contribution < -0.4 is 5.32 Å². The molecule has 0 aliphatic carbocycles. The topological polar surface area (TPSA) is 81.2 Å². The third kappa shape index (κ3) is 4.24. The Balaban J connectivity index is 2.08. The van der Waals surface area contributed by atoms with Crippen molar-refractivity contribution in [1.29, 1.82) is 0 Å². The van der Waals surface area contributed by atoms with Crippen molar-refractivity contribution in [2.24, 2.45) is 0 Å². The average Bonchev–Trinajstić information content (AvgIpc) is 2.79. The molecule has 2 rings (SSSR count). The molecule has 1 amide bonds. The van der Waals surface area contributed by atoms with E-state index in [2.05, 4.69) is 15.3 Å². The highest BCUT2D eigenvalue weighted by Gasteiger charge is 2.19. The lowest BCUT2D eigenvalue weighted by molar-refractivity contribution is -0.152. The van der Waals surface area contributed by atoms with E-state index in [1.54, 1.807) is 18.3 Å². The summed E-state index contributed by atoms with van der Waals surface area (Å²) in [5.74, 6) is 0.0485. The lowest BCUT2D eigenvalue weighted by atomic mass is 10.2. The molecule has 0 saturated carbocycles. The first-order valence-electron chi connectivity index (χ1n) is 7.67. The molecule has 2 aromatic rings. The summed E-state index contributed by atoms with van der Waals surface area (Å²) in [6.07, 6.45) is -0.796. The number of carbonyl (C=O) groups is 2. The molecule has 0 radical (unpaired) electrons. The van der Waals surface area contributed by atoms with E-state index in [9.17, 15) is 9.59 Å². The number of thioether (sulfide) groups is 1. The van der Waals surface area contributed by atoms with Gasteiger partial charge in [-0.3, -0.25) is 9.59 Å². The second-order valence-corrected chi connectivity index (χ2v) is 7.52. The molecule has 0 aliphatic rings. The minimum Gasteiger partial charge on any atom is -0.452 e. The maximum absolute atomic E-state index is 12.0. The van der Waals surface area contributed by atoms with Crippen molar-refractivity contribution < 1.29 is 14.3 Å². The number of likely N-dealkylation sites (N-methyl/N-ethyl adjacent to an activating group) is 1. The minimum absolute atomic E-state index is 0.101. The predicted molar refractivity (Wildman–Crippen MR) is 96.6 cm³/mol. The lowest BCUT2D eigenvalue weighted by Crippen LogP contribution is -2.35. The highest BCUT2D eigenvalue weighted by Crippen LogP contribution is 2.35. The summed E-state index contributed by atoms with van der Waals surface area (Å²) < 4.78 is 5.15. The van der Waals surface area contributed by atoms with Gasteiger partial charge in [-0.15, -0.1) is 11.3 Å². The van der Waals surface area contributed by atoms with Gasteiger partial charge in [-0.2, -0.15) is 0 Å². The maximum atomic E-state index is 12.0. The maximum Gasteiger partial charge on any atom is 0.317 e. The van der Waals surface area contributed by atoms with Crippen molar-refractivity contribution in [3.8, 4) is 0 Å². The smallest absolute Gasteiger partial charge is 0.317 e. The first-order valence-corrected chi connectivity index (χ1v) is 9.48. The normalized spacial score (nSPS) is 12.2. The molecule has 0 bridgehead atoms. The van der Waals surface area contributed by atoms with Crippen LogP contribution in [0.1, 0.15) is 30.1 Å². The van der Waals surface area contributed by atoms with Gasteiger partial charge in [-0.05, 0) is 40.2 Å². The molecule has 1 atom stereocenters. The molecule has 0 spiro atoms. The quantitative estimate of drug-likeness (QED) is 0.480. The van der Waals surface area contributed by atoms with E-state index in [0.29, 0.717) is 12.4 Å². The monoisotopic (exact) mass is 367 g/mol. The Morgan fingerprint density at radius 3 is 2.67 bits per heavy atom. The summed E-state index contributed by atoms with van der Waals surface area (Å²) in [4.78, 5) is 34.6. The van der Waals surface area contributed by atoms with Crippen LogP contribution in [0.5, 0.6) is 0 Å². The van der Waals surface area contributed by atoms with E-state index in [4.69, 9.17) is 4.74 Å². The zero-order valence-corrected chi connectivity index (χ0v) is 16.1. The van der Waals surface area contributed by atoms with Gasteiger partial charge in [0, 0.05) is 16.8 Å². The second kappa shape index (κ2) is 7.94. The predicted octanol–water partition coefficient (Wildman–Crippen LogP) is 2.78. The van der Waals surface area contributed by atoms with E-state index < -0.39 is 12.1 Å². The SMILES string of the molecule is CCNC(=O)[C@@H](C)OC(=O)CSc1nc(C)nc2sc(C)c(C)c12. The van der Waals surface area contributed by atoms with Gasteiger partial charge in [0.1, 0.15) is 15.7 Å². The number of nitrogens with one attached hydrogen (secondary N) is 1. The molecular formula is C16H21N3O3S2. The molecule has 1 N–H and O–H groups in total. The summed E-state index contributed by atoms with van der Waals surface area (Å²) >= 11 is 2.94. The highest BCUT2D eigenvalue weighted by atomic mass is 32.2. The molecule has 24 heavy (non-hydrogen) atoms. The molecule has 6 nitrogen and oxygen atoms in total. The number of fused-ring (bicyclic) bond motifs is 1. The second-order valence-electron chi connectivity index (χ2n) is 5.35. The molecule has 0 aromatic carbocycles. The first kappa shape index (κ1) is 18.7. The molecule has 2 heterocycles. The molecule has 0 saturated heterocycles. The number of ether oxygens (including phenoxy) is 1. The summed E-state index contributed by atoms with van der Waals surface area (Å²) in [6.45, 7) is 9.80. The fourth-order valence-corrected chi connectivity index (χ4v) is 4.20. The Kier molecular flexibility index (Phi) is 6.17. The van der Waals surface area contributed by atoms with Crippen molar-refractivity contribution in [2.45, 2.75) is 45.7 Å². The largest absolute Gasteiger partial charge is 0.452 e. The Morgan fingerprint density at radius 1 is 1.29 bits per heavy atom. The fourth-order valence-electron chi connectivity index (χ4n) is 2.15. The van der Waals surface area contributed by atoms with Gasteiger partial charge in [0.25, 0.3) is 5.91 Å². The van der Waals surface area contributed by atoms with Crippen LogP contribution in [0, 0.1) is 20.8 Å². The van der Waals surface area contributed by atoms with Crippen molar-refractivity contribution in [3.63, 3.8) is 0 Å². The van der Waals surface area contributed by atoms with Crippen LogP contribution in [0.15, 0.2) is 5.03 Å². The third-order valence-electron chi connectivity index (χ3n) is 3.46. The molecule has 2 aromatic heterocycles. The number of aromatic nitrogens is 2. The van der Waals surface area contributed by atoms with Gasteiger partial charge in [0.2, 0.25) is 0 Å². The van der Waals surface area contributed by atoms with Crippen molar-refractivity contribution in [3.05, 3.63) is 16.3 Å². The van der Waals surface area contributed by atoms with Crippen LogP contribution in [0.25, 0.3) is 10.2 Å². The summed E-state index contributed by atoms with van der Waals surface area (Å²) in [5, 5.41) is 4.40. The lowest BCUT2D eigenvalue weighted by Gasteiger charge is -2.12. The summed E-state index contributed by atoms with van der Waals surface area (Å²) in [5.41, 5.74) is 1.14. The van der Waals surface area contributed by atoms with Crippen molar-refractivity contribution in [1.82, 2.24) is 15.3 Å². The number of aryl methyl sites for hydroxylation is 3. The summed E-state index contributed by atoms with van der Waals surface area (Å²) in [7, 11) is 0. The van der Waals surface area contributed by atoms with E-state index in [-0.39, 0.29) is 11.7 Å². The average molecular weight is 367 g/mol. The van der Waals surface area contributed by atoms with Gasteiger partial charge < -0.3 is 10.1 Å². The zero-order valence-electron chi connectivity index (χ0n) is 14.4. The molecule has 8 heteroatoms. The third-order valence-corrected chi connectivity index (χ3v) is 5.51. The van der Waals surface area contributed by atoms with Gasteiger partial charge in [0.15, 0.2) is 6.10 Å². The van der Waals surface area contributed by atoms with Crippen LogP contribution in [0.2, 0.25) is 0 Å². The molecular weight excluding hydrogens is 346 g/mol. The first-order chi connectivity index (χ1) is 11.3. The molecule has 130 valence electrons. The van der Waals surface area contributed by atoms with Gasteiger partial charge in [-0.1, -0.05) is 11.8 Å². The van der Waals surface area contributed by atoms with Crippen molar-refractivity contribution in [2.75, 3.05) is 12.3 Å². The van der Waals surface area contributed by atoms with E-state index in [1.165, 1.54) is 16.6 Å². The van der Waals surface area contributed by atoms with Crippen LogP contribution in [-0.2, 0) is 14.3 Å². The molecule has 0 unspecified atom stereocenters. The van der Waals surface area contributed by atoms with Gasteiger partial charge >= 0.3 is 5.97 Å². The number of thiophene rings is 1. The number of esters is 1. The Bertz CT molecular complexity index is 774. The number of amides is 1. The number of carbonyl (C=O) groups excluding carboxylic acids is 2. The Morgan fingerprint density at radius 2 is 2.00 bits per heavy atom. The highest BCUT2D eigenvalue weighted by molar-refractivity contribution is 8.00. The van der Waals surface area contributed by atoms with Crippen LogP contribution >= 0.6 is 23.1 Å². The minimum atomic E-state index is -0.796. The number of nitrogens with zero attached hydrogens (tertiary/aromatic N) is 2. The fraction of sp³-hybridized carbons (Fsp3) is 0.500. The van der Waals surface area contributed by atoms with Crippen LogP contribution in [-0.4, -0.2) is 40.2 Å². The number of hydrogen-bond acceptors (Lipinski definition) is 7. The van der Waals surface area contributed by atoms with Crippen LogP contribution in [0.4, 0.5) is 0 Å². The van der Waals surface area contributed by atoms with Crippen LogP contribution in [0.3, 0.4) is 0 Å². The zero-order chi connectivity index (χ0) is 17.9. The van der Waals surface area contributed by atoms with Gasteiger partial charge in [0.05, 0.1) is 5.75 Å².